The van der Waals surface area contributed by atoms with Gasteiger partial charge in [0.25, 0.3) is 0 Å². The van der Waals surface area contributed by atoms with Crippen LogP contribution < -0.4 is 5.32 Å². The second kappa shape index (κ2) is 5.64. The third-order valence-electron chi connectivity index (χ3n) is 2.79. The molecule has 0 aromatic heterocycles. The predicted octanol–water partition coefficient (Wildman–Crippen LogP) is 1.17. The quantitative estimate of drug-likeness (QED) is 0.758. The minimum absolute atomic E-state index is 0.174. The van der Waals surface area contributed by atoms with Crippen LogP contribution in [0.15, 0.2) is 0 Å². The molecule has 1 heterocycles. The first-order valence-corrected chi connectivity index (χ1v) is 6.04. The molecule has 1 saturated heterocycles. The Morgan fingerprint density at radius 1 is 1.50 bits per heavy atom. The van der Waals surface area contributed by atoms with Crippen LogP contribution in [0.5, 0.6) is 0 Å². The number of hydrogen-bond acceptors (Lipinski definition) is 3. The average molecular weight is 228 g/mol. The zero-order chi connectivity index (χ0) is 12.2. The lowest BCUT2D eigenvalue weighted by Crippen LogP contribution is -2.48. The molecule has 1 fully saturated rings. The topological polar surface area (TPSA) is 52.6 Å². The number of aliphatic carboxylic acids is 1. The van der Waals surface area contributed by atoms with Crippen LogP contribution in [0, 0.1) is 5.41 Å². The highest BCUT2D eigenvalue weighted by Crippen LogP contribution is 2.14. The van der Waals surface area contributed by atoms with E-state index in [4.69, 9.17) is 5.11 Å². The van der Waals surface area contributed by atoms with E-state index in [2.05, 4.69) is 26.1 Å². The molecule has 1 atom stereocenters. The summed E-state index contributed by atoms with van der Waals surface area (Å²) in [5, 5.41) is 12.3. The zero-order valence-electron chi connectivity index (χ0n) is 10.6. The first-order chi connectivity index (χ1) is 7.37. The number of carboxylic acid groups (broad SMARTS) is 1. The smallest absolute Gasteiger partial charge is 0.317 e. The summed E-state index contributed by atoms with van der Waals surface area (Å²) in [6.45, 7) is 9.56. The van der Waals surface area contributed by atoms with Crippen molar-refractivity contribution in [2.24, 2.45) is 5.41 Å². The molecule has 0 aromatic carbocycles. The maximum absolute atomic E-state index is 10.6. The van der Waals surface area contributed by atoms with E-state index in [1.165, 1.54) is 0 Å². The van der Waals surface area contributed by atoms with Crippen molar-refractivity contribution in [3.63, 3.8) is 0 Å². The van der Waals surface area contributed by atoms with Crippen molar-refractivity contribution >= 4 is 5.97 Å². The highest BCUT2D eigenvalue weighted by Gasteiger charge is 2.22. The summed E-state index contributed by atoms with van der Waals surface area (Å²) >= 11 is 0. The summed E-state index contributed by atoms with van der Waals surface area (Å²) in [4.78, 5) is 12.6. The van der Waals surface area contributed by atoms with Crippen molar-refractivity contribution in [2.45, 2.75) is 39.7 Å². The molecule has 1 rings (SSSR count). The number of rotatable bonds is 4. The van der Waals surface area contributed by atoms with Gasteiger partial charge in [-0.1, -0.05) is 20.8 Å². The SMILES string of the molecule is CC(C)(C)CNC1CCCN(CC(=O)O)C1. The molecule has 1 aliphatic rings. The minimum atomic E-state index is -0.725. The molecular weight excluding hydrogens is 204 g/mol. The molecule has 0 aliphatic carbocycles. The summed E-state index contributed by atoms with van der Waals surface area (Å²) in [6.07, 6.45) is 2.25. The third kappa shape index (κ3) is 5.47. The van der Waals surface area contributed by atoms with Gasteiger partial charge in [-0.05, 0) is 24.8 Å². The minimum Gasteiger partial charge on any atom is -0.480 e. The van der Waals surface area contributed by atoms with E-state index in [0.29, 0.717) is 6.04 Å². The molecule has 0 spiro atoms. The van der Waals surface area contributed by atoms with Crippen LogP contribution in [0.25, 0.3) is 0 Å². The largest absolute Gasteiger partial charge is 0.480 e. The molecule has 16 heavy (non-hydrogen) atoms. The number of hydrogen-bond donors (Lipinski definition) is 2. The van der Waals surface area contributed by atoms with Crippen LogP contribution >= 0.6 is 0 Å². The maximum atomic E-state index is 10.6. The molecule has 4 heteroatoms. The molecule has 94 valence electrons. The Bertz CT molecular complexity index is 236. The fraction of sp³-hybridized carbons (Fsp3) is 0.917. The number of likely N-dealkylation sites (tertiary alicyclic amines) is 1. The Morgan fingerprint density at radius 3 is 2.75 bits per heavy atom. The fourth-order valence-electron chi connectivity index (χ4n) is 2.01. The molecule has 0 saturated carbocycles. The number of carbonyl (C=O) groups is 1. The third-order valence-corrected chi connectivity index (χ3v) is 2.79. The van der Waals surface area contributed by atoms with Crippen molar-refractivity contribution in [1.29, 1.82) is 0 Å². The van der Waals surface area contributed by atoms with E-state index in [1.807, 2.05) is 4.90 Å². The average Bonchev–Trinajstić information content (AvgIpc) is 2.13. The van der Waals surface area contributed by atoms with Gasteiger partial charge in [-0.3, -0.25) is 9.69 Å². The van der Waals surface area contributed by atoms with E-state index in [9.17, 15) is 4.79 Å². The molecule has 0 bridgehead atoms. The van der Waals surface area contributed by atoms with E-state index in [-0.39, 0.29) is 12.0 Å². The number of nitrogens with one attached hydrogen (secondary N) is 1. The number of piperidine rings is 1. The van der Waals surface area contributed by atoms with Gasteiger partial charge in [0.2, 0.25) is 0 Å². The van der Waals surface area contributed by atoms with Crippen molar-refractivity contribution in [2.75, 3.05) is 26.2 Å². The van der Waals surface area contributed by atoms with Gasteiger partial charge in [0.05, 0.1) is 6.54 Å². The molecule has 0 radical (unpaired) electrons. The van der Waals surface area contributed by atoms with Gasteiger partial charge in [0.15, 0.2) is 0 Å². The summed E-state index contributed by atoms with van der Waals surface area (Å²) in [5.74, 6) is -0.725. The Hall–Kier alpha value is -0.610. The highest BCUT2D eigenvalue weighted by atomic mass is 16.4. The predicted molar refractivity (Wildman–Crippen MR) is 64.6 cm³/mol. The molecule has 0 aromatic rings. The standard InChI is InChI=1S/C12H24N2O2/c1-12(2,3)9-13-10-5-4-6-14(7-10)8-11(15)16/h10,13H,4-9H2,1-3H3,(H,15,16). The van der Waals surface area contributed by atoms with Gasteiger partial charge in [0.1, 0.15) is 0 Å². The monoisotopic (exact) mass is 228 g/mol. The van der Waals surface area contributed by atoms with Gasteiger partial charge < -0.3 is 10.4 Å². The summed E-state index contributed by atoms with van der Waals surface area (Å²) < 4.78 is 0. The Labute approximate surface area is 98.0 Å². The number of carboxylic acids is 1. The first kappa shape index (κ1) is 13.5. The van der Waals surface area contributed by atoms with Gasteiger partial charge in [-0.25, -0.2) is 0 Å². The normalized spacial score (nSPS) is 23.3. The lowest BCUT2D eigenvalue weighted by Gasteiger charge is -2.33. The molecular formula is C12H24N2O2. The van der Waals surface area contributed by atoms with Gasteiger partial charge >= 0.3 is 5.97 Å². The number of nitrogens with zero attached hydrogens (tertiary/aromatic N) is 1. The van der Waals surface area contributed by atoms with Gasteiger partial charge in [-0.2, -0.15) is 0 Å². The molecule has 1 aliphatic heterocycles. The van der Waals surface area contributed by atoms with Crippen LogP contribution in [0.1, 0.15) is 33.6 Å². The van der Waals surface area contributed by atoms with Crippen molar-refractivity contribution < 1.29 is 9.90 Å². The highest BCUT2D eigenvalue weighted by molar-refractivity contribution is 5.69. The van der Waals surface area contributed by atoms with Gasteiger partial charge in [0, 0.05) is 19.1 Å². The zero-order valence-corrected chi connectivity index (χ0v) is 10.6. The van der Waals surface area contributed by atoms with Crippen molar-refractivity contribution in [1.82, 2.24) is 10.2 Å². The summed E-state index contributed by atoms with van der Waals surface area (Å²) in [5.41, 5.74) is 0.287. The molecule has 4 nitrogen and oxygen atoms in total. The molecule has 2 N–H and O–H groups in total. The van der Waals surface area contributed by atoms with E-state index in [0.717, 1.165) is 32.5 Å². The molecule has 1 unspecified atom stereocenters. The second-order valence-electron chi connectivity index (χ2n) is 5.91. The first-order valence-electron chi connectivity index (χ1n) is 6.04. The Morgan fingerprint density at radius 2 is 2.19 bits per heavy atom. The van der Waals surface area contributed by atoms with E-state index in [1.54, 1.807) is 0 Å². The van der Waals surface area contributed by atoms with E-state index >= 15 is 0 Å². The summed E-state index contributed by atoms with van der Waals surface area (Å²) in [7, 11) is 0. The Balaban J connectivity index is 2.30. The lowest BCUT2D eigenvalue weighted by molar-refractivity contribution is -0.138. The van der Waals surface area contributed by atoms with Crippen LogP contribution in [0.2, 0.25) is 0 Å². The molecule has 0 amide bonds. The van der Waals surface area contributed by atoms with Gasteiger partial charge in [-0.15, -0.1) is 0 Å². The lowest BCUT2D eigenvalue weighted by atomic mass is 9.95. The Kier molecular flexibility index (Phi) is 4.74. The van der Waals surface area contributed by atoms with Crippen molar-refractivity contribution in [3.8, 4) is 0 Å². The van der Waals surface area contributed by atoms with Crippen molar-refractivity contribution in [3.05, 3.63) is 0 Å². The van der Waals surface area contributed by atoms with Crippen LogP contribution in [-0.2, 0) is 4.79 Å². The maximum Gasteiger partial charge on any atom is 0.317 e. The summed E-state index contributed by atoms with van der Waals surface area (Å²) in [6, 6.07) is 0.451. The van der Waals surface area contributed by atoms with E-state index < -0.39 is 5.97 Å². The fourth-order valence-corrected chi connectivity index (χ4v) is 2.01. The van der Waals surface area contributed by atoms with Crippen LogP contribution in [0.4, 0.5) is 0 Å². The second-order valence-corrected chi connectivity index (χ2v) is 5.91. The van der Waals surface area contributed by atoms with Crippen LogP contribution in [0.3, 0.4) is 0 Å². The van der Waals surface area contributed by atoms with Crippen LogP contribution in [-0.4, -0.2) is 48.2 Å².